The molecule has 0 radical (unpaired) electrons. The summed E-state index contributed by atoms with van der Waals surface area (Å²) in [7, 11) is 4.06. The normalized spacial score (nSPS) is 9.74. The van der Waals surface area contributed by atoms with E-state index in [4.69, 9.17) is 5.26 Å². The van der Waals surface area contributed by atoms with E-state index in [1.165, 1.54) is 5.69 Å². The van der Waals surface area contributed by atoms with Gasteiger partial charge in [0.1, 0.15) is 0 Å². The summed E-state index contributed by atoms with van der Waals surface area (Å²) in [6.07, 6.45) is 0. The third kappa shape index (κ3) is 3.49. The minimum atomic E-state index is 0.693. The van der Waals surface area contributed by atoms with E-state index in [2.05, 4.69) is 34.5 Å². The van der Waals surface area contributed by atoms with Gasteiger partial charge >= 0.3 is 0 Å². The lowest BCUT2D eigenvalue weighted by Gasteiger charge is -2.14. The lowest BCUT2D eigenvalue weighted by Crippen LogP contribution is -2.09. The molecule has 19 heavy (non-hydrogen) atoms. The van der Waals surface area contributed by atoms with Gasteiger partial charge in [-0.1, -0.05) is 18.2 Å². The summed E-state index contributed by atoms with van der Waals surface area (Å²) in [5, 5.41) is 12.1. The molecule has 2 aromatic carbocycles. The minimum Gasteiger partial charge on any atom is -0.381 e. The summed E-state index contributed by atoms with van der Waals surface area (Å²) in [6, 6.07) is 18.0. The second kappa shape index (κ2) is 5.92. The molecule has 0 bridgehead atoms. The highest BCUT2D eigenvalue weighted by atomic mass is 15.1. The molecule has 2 rings (SSSR count). The lowest BCUT2D eigenvalue weighted by atomic mass is 10.1. The molecule has 2 aromatic rings. The molecule has 0 aliphatic carbocycles. The number of nitrogens with one attached hydrogen (secondary N) is 1. The van der Waals surface area contributed by atoms with Crippen molar-refractivity contribution in [1.82, 2.24) is 0 Å². The summed E-state index contributed by atoms with van der Waals surface area (Å²) >= 11 is 0. The van der Waals surface area contributed by atoms with Gasteiger partial charge in [0, 0.05) is 32.0 Å². The van der Waals surface area contributed by atoms with Crippen molar-refractivity contribution in [2.75, 3.05) is 24.3 Å². The molecule has 0 aromatic heterocycles. The molecule has 0 aliphatic heterocycles. The zero-order valence-electron chi connectivity index (χ0n) is 11.2. The van der Waals surface area contributed by atoms with Gasteiger partial charge in [-0.2, -0.15) is 5.26 Å². The van der Waals surface area contributed by atoms with Crippen molar-refractivity contribution in [2.45, 2.75) is 6.54 Å². The Hall–Kier alpha value is -2.47. The Bertz CT molecular complexity index is 580. The van der Waals surface area contributed by atoms with Crippen LogP contribution in [0.4, 0.5) is 11.4 Å². The highest BCUT2D eigenvalue weighted by Gasteiger charge is 1.98. The summed E-state index contributed by atoms with van der Waals surface area (Å²) in [4.78, 5) is 2.08. The van der Waals surface area contributed by atoms with E-state index in [0.29, 0.717) is 5.56 Å². The van der Waals surface area contributed by atoms with Crippen molar-refractivity contribution in [1.29, 1.82) is 5.26 Å². The van der Waals surface area contributed by atoms with Crippen LogP contribution in [0.3, 0.4) is 0 Å². The Labute approximate surface area is 114 Å². The van der Waals surface area contributed by atoms with Gasteiger partial charge in [-0.3, -0.25) is 0 Å². The van der Waals surface area contributed by atoms with E-state index < -0.39 is 0 Å². The number of hydrogen-bond donors (Lipinski definition) is 1. The molecular weight excluding hydrogens is 234 g/mol. The molecule has 0 saturated carbocycles. The van der Waals surface area contributed by atoms with Crippen LogP contribution in [0, 0.1) is 11.3 Å². The zero-order chi connectivity index (χ0) is 13.7. The third-order valence-electron chi connectivity index (χ3n) is 2.94. The Morgan fingerprint density at radius 2 is 1.84 bits per heavy atom. The smallest absolute Gasteiger partial charge is 0.0991 e. The summed E-state index contributed by atoms with van der Waals surface area (Å²) in [6.45, 7) is 0.753. The van der Waals surface area contributed by atoms with Crippen LogP contribution in [-0.2, 0) is 6.54 Å². The quantitative estimate of drug-likeness (QED) is 0.906. The number of hydrogen-bond acceptors (Lipinski definition) is 3. The first-order valence-corrected chi connectivity index (χ1v) is 6.19. The van der Waals surface area contributed by atoms with E-state index in [0.717, 1.165) is 17.8 Å². The largest absolute Gasteiger partial charge is 0.381 e. The van der Waals surface area contributed by atoms with Crippen molar-refractivity contribution < 1.29 is 0 Å². The number of benzene rings is 2. The average molecular weight is 251 g/mol. The molecule has 0 spiro atoms. The van der Waals surface area contributed by atoms with E-state index in [1.54, 1.807) is 0 Å². The zero-order valence-corrected chi connectivity index (χ0v) is 11.2. The van der Waals surface area contributed by atoms with Gasteiger partial charge in [0.25, 0.3) is 0 Å². The number of anilines is 2. The van der Waals surface area contributed by atoms with Crippen LogP contribution in [0.25, 0.3) is 0 Å². The van der Waals surface area contributed by atoms with Crippen molar-refractivity contribution in [3.05, 3.63) is 59.7 Å². The van der Waals surface area contributed by atoms with Gasteiger partial charge in [0.2, 0.25) is 0 Å². The first kappa shape index (κ1) is 13.0. The predicted octanol–water partition coefficient (Wildman–Crippen LogP) is 3.24. The molecule has 3 heteroatoms. The van der Waals surface area contributed by atoms with Crippen LogP contribution in [0.1, 0.15) is 11.1 Å². The maximum atomic E-state index is 8.75. The highest BCUT2D eigenvalue weighted by molar-refractivity contribution is 5.57. The molecule has 0 heterocycles. The van der Waals surface area contributed by atoms with Gasteiger partial charge < -0.3 is 10.2 Å². The van der Waals surface area contributed by atoms with E-state index in [9.17, 15) is 0 Å². The van der Waals surface area contributed by atoms with Crippen LogP contribution < -0.4 is 10.2 Å². The fourth-order valence-electron chi connectivity index (χ4n) is 1.80. The van der Waals surface area contributed by atoms with Gasteiger partial charge in [0.05, 0.1) is 11.6 Å². The maximum Gasteiger partial charge on any atom is 0.0991 e. The van der Waals surface area contributed by atoms with Crippen LogP contribution >= 0.6 is 0 Å². The summed E-state index contributed by atoms with van der Waals surface area (Å²) in [5.74, 6) is 0. The Morgan fingerprint density at radius 1 is 1.11 bits per heavy atom. The van der Waals surface area contributed by atoms with Crippen molar-refractivity contribution in [2.24, 2.45) is 0 Å². The molecule has 0 unspecified atom stereocenters. The molecule has 96 valence electrons. The first-order chi connectivity index (χ1) is 9.19. The summed E-state index contributed by atoms with van der Waals surface area (Å²) < 4.78 is 0. The maximum absolute atomic E-state index is 8.75. The van der Waals surface area contributed by atoms with Crippen molar-refractivity contribution in [3.8, 4) is 6.07 Å². The fraction of sp³-hybridized carbons (Fsp3) is 0.188. The molecule has 0 saturated heterocycles. The van der Waals surface area contributed by atoms with E-state index in [-0.39, 0.29) is 0 Å². The number of nitriles is 1. The first-order valence-electron chi connectivity index (χ1n) is 6.19. The standard InChI is InChI=1S/C16H17N3/c1-19(2)16-5-3-4-15(10-16)18-12-14-8-6-13(11-17)7-9-14/h3-10,18H,12H2,1-2H3. The van der Waals surface area contributed by atoms with Crippen molar-refractivity contribution in [3.63, 3.8) is 0 Å². The molecule has 3 nitrogen and oxygen atoms in total. The van der Waals surface area contributed by atoms with Crippen LogP contribution in [0.2, 0.25) is 0 Å². The SMILES string of the molecule is CN(C)c1cccc(NCc2ccc(C#N)cc2)c1. The third-order valence-corrected chi connectivity index (χ3v) is 2.94. The molecule has 1 N–H and O–H groups in total. The predicted molar refractivity (Wildman–Crippen MR) is 79.3 cm³/mol. The second-order valence-corrected chi connectivity index (χ2v) is 4.61. The highest BCUT2D eigenvalue weighted by Crippen LogP contribution is 2.18. The number of nitrogens with zero attached hydrogens (tertiary/aromatic N) is 2. The Balaban J connectivity index is 2.02. The summed E-state index contributed by atoms with van der Waals surface area (Å²) in [5.41, 5.74) is 4.12. The monoisotopic (exact) mass is 251 g/mol. The Kier molecular flexibility index (Phi) is 4.04. The fourth-order valence-corrected chi connectivity index (χ4v) is 1.80. The molecule has 0 amide bonds. The molecule has 0 aliphatic rings. The topological polar surface area (TPSA) is 39.1 Å². The van der Waals surface area contributed by atoms with Crippen molar-refractivity contribution >= 4 is 11.4 Å². The van der Waals surface area contributed by atoms with Crippen LogP contribution in [0.5, 0.6) is 0 Å². The molecule has 0 atom stereocenters. The lowest BCUT2D eigenvalue weighted by molar-refractivity contribution is 1.12. The van der Waals surface area contributed by atoms with E-state index >= 15 is 0 Å². The minimum absolute atomic E-state index is 0.693. The van der Waals surface area contributed by atoms with Gasteiger partial charge in [-0.05, 0) is 35.9 Å². The van der Waals surface area contributed by atoms with Gasteiger partial charge in [-0.25, -0.2) is 0 Å². The van der Waals surface area contributed by atoms with Gasteiger partial charge in [-0.15, -0.1) is 0 Å². The molecular formula is C16H17N3. The number of rotatable bonds is 4. The van der Waals surface area contributed by atoms with Crippen LogP contribution in [-0.4, -0.2) is 14.1 Å². The van der Waals surface area contributed by atoms with Gasteiger partial charge in [0.15, 0.2) is 0 Å². The molecule has 0 fully saturated rings. The Morgan fingerprint density at radius 3 is 2.47 bits per heavy atom. The van der Waals surface area contributed by atoms with Crippen LogP contribution in [0.15, 0.2) is 48.5 Å². The second-order valence-electron chi connectivity index (χ2n) is 4.61. The average Bonchev–Trinajstić information content (AvgIpc) is 2.46. The van der Waals surface area contributed by atoms with E-state index in [1.807, 2.05) is 44.4 Å².